The molecule has 0 aliphatic heterocycles. The van der Waals surface area contributed by atoms with Crippen LogP contribution in [0.1, 0.15) is 19.8 Å². The van der Waals surface area contributed by atoms with Gasteiger partial charge in [0, 0.05) is 11.4 Å². The first kappa shape index (κ1) is 11.7. The van der Waals surface area contributed by atoms with Gasteiger partial charge in [0.15, 0.2) is 0 Å². The van der Waals surface area contributed by atoms with Gasteiger partial charge in [0.25, 0.3) is 0 Å². The summed E-state index contributed by atoms with van der Waals surface area (Å²) in [6.07, 6.45) is 10.3. The summed E-state index contributed by atoms with van der Waals surface area (Å²) in [4.78, 5) is 0. The summed E-state index contributed by atoms with van der Waals surface area (Å²) in [6.45, 7) is 1.90. The van der Waals surface area contributed by atoms with Crippen LogP contribution in [0.15, 0.2) is 35.3 Å². The number of hydrogen-bond acceptors (Lipinski definition) is 1. The molecule has 0 aromatic heterocycles. The first-order valence-electron chi connectivity index (χ1n) is 4.71. The average Bonchev–Trinajstić information content (AvgIpc) is 2.13. The van der Waals surface area contributed by atoms with Crippen LogP contribution in [0, 0.1) is 0 Å². The van der Waals surface area contributed by atoms with E-state index in [1.807, 2.05) is 19.1 Å². The van der Waals surface area contributed by atoms with Gasteiger partial charge in [0.2, 0.25) is 0 Å². The zero-order valence-electron chi connectivity index (χ0n) is 8.32. The highest BCUT2D eigenvalue weighted by molar-refractivity contribution is 7.83. The van der Waals surface area contributed by atoms with Crippen LogP contribution in [0.4, 0.5) is 0 Å². The monoisotopic (exact) mass is 229 g/mol. The Labute approximate surface area is 90.3 Å². The molecule has 1 aliphatic rings. The van der Waals surface area contributed by atoms with Gasteiger partial charge in [-0.25, -0.2) is 4.21 Å². The largest absolute Gasteiger partial charge is 0.305 e. The Kier molecular flexibility index (Phi) is 5.13. The lowest BCUT2D eigenvalue weighted by Crippen LogP contribution is -2.17. The molecule has 1 N–H and O–H groups in total. The molecular weight excluding hydrogens is 213 g/mol. The number of nitrogens with one attached hydrogen (secondary N) is 1. The van der Waals surface area contributed by atoms with Crippen LogP contribution < -0.4 is 4.72 Å². The maximum atomic E-state index is 11.3. The third-order valence-corrected chi connectivity index (χ3v) is 3.22. The van der Waals surface area contributed by atoms with Crippen molar-refractivity contribution in [2.24, 2.45) is 0 Å². The van der Waals surface area contributed by atoms with Crippen molar-refractivity contribution in [2.75, 3.05) is 5.75 Å². The van der Waals surface area contributed by atoms with Crippen molar-refractivity contribution >= 4 is 20.2 Å². The topological polar surface area (TPSA) is 29.1 Å². The second kappa shape index (κ2) is 6.15. The summed E-state index contributed by atoms with van der Waals surface area (Å²) in [6, 6.07) is 0. The molecule has 0 radical (unpaired) electrons. The third-order valence-electron chi connectivity index (χ3n) is 1.83. The van der Waals surface area contributed by atoms with Gasteiger partial charge < -0.3 is 4.72 Å². The van der Waals surface area contributed by atoms with Crippen molar-refractivity contribution in [3.05, 3.63) is 35.3 Å². The van der Waals surface area contributed by atoms with Crippen molar-refractivity contribution in [3.63, 3.8) is 0 Å². The van der Waals surface area contributed by atoms with Crippen LogP contribution in [0.2, 0.25) is 0 Å². The normalized spacial score (nSPS) is 25.0. The first-order chi connectivity index (χ1) is 6.72. The molecule has 0 aromatic carbocycles. The fourth-order valence-electron chi connectivity index (χ4n) is 1.11. The van der Waals surface area contributed by atoms with E-state index in [-0.39, 0.29) is 0 Å². The molecule has 4 heteroatoms. The van der Waals surface area contributed by atoms with Crippen molar-refractivity contribution in [2.45, 2.75) is 19.8 Å². The van der Waals surface area contributed by atoms with E-state index in [0.29, 0.717) is 5.75 Å². The van der Waals surface area contributed by atoms with E-state index in [1.165, 1.54) is 0 Å². The molecule has 0 bridgehead atoms. The average molecular weight is 229 g/mol. The van der Waals surface area contributed by atoms with Crippen LogP contribution in [0.25, 0.3) is 0 Å². The van der Waals surface area contributed by atoms with Gasteiger partial charge in [-0.05, 0) is 30.3 Å². The first-order valence-corrected chi connectivity index (χ1v) is 6.61. The van der Waals surface area contributed by atoms with Gasteiger partial charge in [-0.3, -0.25) is 0 Å². The van der Waals surface area contributed by atoms with E-state index in [2.05, 4.69) is 26.1 Å². The van der Waals surface area contributed by atoms with Crippen LogP contribution in [0.5, 0.6) is 0 Å². The smallest absolute Gasteiger partial charge is 0.116 e. The van der Waals surface area contributed by atoms with Gasteiger partial charge in [-0.15, -0.1) is 9.24 Å². The standard InChI is InChI=1S/C10H16NOPS/c1-2-14(12)11-9-6-4-3-5-7-10(13)8-9/h4,6-8,11H,2-3,5,13H2,1H3/b6-4-,9-8+,10-7?. The lowest BCUT2D eigenvalue weighted by Gasteiger charge is -2.07. The van der Waals surface area contributed by atoms with Crippen LogP contribution in [-0.4, -0.2) is 9.96 Å². The molecule has 2 nitrogen and oxygen atoms in total. The fraction of sp³-hybridized carbons (Fsp3) is 0.400. The molecule has 2 atom stereocenters. The molecule has 2 unspecified atom stereocenters. The molecular formula is C10H16NOPS. The molecule has 0 saturated heterocycles. The third kappa shape index (κ3) is 4.21. The van der Waals surface area contributed by atoms with E-state index < -0.39 is 11.0 Å². The van der Waals surface area contributed by atoms with Crippen molar-refractivity contribution < 1.29 is 4.21 Å². The Morgan fingerprint density at radius 1 is 1.57 bits per heavy atom. The SMILES string of the molecule is CCS(=O)NC1=C/C(P)=CCC/C=C\1. The molecule has 1 aliphatic carbocycles. The summed E-state index contributed by atoms with van der Waals surface area (Å²) in [5.41, 5.74) is 0.922. The Bertz CT molecular complexity index is 307. The molecule has 0 heterocycles. The molecule has 0 saturated carbocycles. The molecule has 0 aromatic rings. The van der Waals surface area contributed by atoms with Gasteiger partial charge in [-0.2, -0.15) is 0 Å². The number of hydrogen-bond donors (Lipinski definition) is 1. The van der Waals surface area contributed by atoms with Crippen LogP contribution >= 0.6 is 9.24 Å². The van der Waals surface area contributed by atoms with Crippen molar-refractivity contribution in [1.82, 2.24) is 4.72 Å². The maximum absolute atomic E-state index is 11.3. The fourth-order valence-corrected chi connectivity index (χ4v) is 1.99. The van der Waals surface area contributed by atoms with Crippen LogP contribution in [-0.2, 0) is 11.0 Å². The highest BCUT2D eigenvalue weighted by atomic mass is 32.2. The summed E-state index contributed by atoms with van der Waals surface area (Å²) in [5, 5.41) is 1.14. The van der Waals surface area contributed by atoms with Crippen LogP contribution in [0.3, 0.4) is 0 Å². The molecule has 78 valence electrons. The highest BCUT2D eigenvalue weighted by Crippen LogP contribution is 2.15. The lowest BCUT2D eigenvalue weighted by atomic mass is 10.2. The van der Waals surface area contributed by atoms with E-state index in [9.17, 15) is 4.21 Å². The second-order valence-electron chi connectivity index (χ2n) is 3.02. The predicted molar refractivity (Wildman–Crippen MR) is 66.1 cm³/mol. The molecule has 1 rings (SSSR count). The molecule has 0 spiro atoms. The Hall–Kier alpha value is -0.400. The van der Waals surface area contributed by atoms with Crippen molar-refractivity contribution in [1.29, 1.82) is 0 Å². The van der Waals surface area contributed by atoms with Gasteiger partial charge in [0.1, 0.15) is 11.0 Å². The predicted octanol–water partition coefficient (Wildman–Crippen LogP) is 2.25. The highest BCUT2D eigenvalue weighted by Gasteiger charge is 1.99. The van der Waals surface area contributed by atoms with Crippen molar-refractivity contribution in [3.8, 4) is 0 Å². The minimum absolute atomic E-state index is 0.626. The Morgan fingerprint density at radius 3 is 3.07 bits per heavy atom. The minimum atomic E-state index is -0.959. The van der Waals surface area contributed by atoms with E-state index in [4.69, 9.17) is 0 Å². The second-order valence-corrected chi connectivity index (χ2v) is 5.16. The zero-order valence-corrected chi connectivity index (χ0v) is 10.3. The van der Waals surface area contributed by atoms with E-state index in [0.717, 1.165) is 23.9 Å². The number of rotatable bonds is 3. The molecule has 0 amide bonds. The van der Waals surface area contributed by atoms with Gasteiger partial charge in [-0.1, -0.05) is 19.1 Å². The van der Waals surface area contributed by atoms with E-state index >= 15 is 0 Å². The van der Waals surface area contributed by atoms with Gasteiger partial charge in [0.05, 0.1) is 0 Å². The summed E-state index contributed by atoms with van der Waals surface area (Å²) < 4.78 is 14.2. The summed E-state index contributed by atoms with van der Waals surface area (Å²) >= 11 is 0. The summed E-state index contributed by atoms with van der Waals surface area (Å²) in [7, 11) is 1.72. The van der Waals surface area contributed by atoms with Gasteiger partial charge >= 0.3 is 0 Å². The lowest BCUT2D eigenvalue weighted by molar-refractivity contribution is 0.679. The number of allylic oxidation sites excluding steroid dienone is 5. The maximum Gasteiger partial charge on any atom is 0.116 e. The molecule has 14 heavy (non-hydrogen) atoms. The minimum Gasteiger partial charge on any atom is -0.305 e. The quantitative estimate of drug-likeness (QED) is 0.739. The molecule has 0 fully saturated rings. The summed E-state index contributed by atoms with van der Waals surface area (Å²) in [5.74, 6) is 0.626. The Balaban J connectivity index is 2.73. The zero-order chi connectivity index (χ0) is 10.4. The Morgan fingerprint density at radius 2 is 2.36 bits per heavy atom. The van der Waals surface area contributed by atoms with E-state index in [1.54, 1.807) is 0 Å².